The second-order valence-electron chi connectivity index (χ2n) is 10.6. The predicted molar refractivity (Wildman–Crippen MR) is 140 cm³/mol. The number of nitrogens with one attached hydrogen (secondary N) is 1. The van der Waals surface area contributed by atoms with Crippen LogP contribution in [0.15, 0.2) is 63.7 Å². The van der Waals surface area contributed by atoms with E-state index in [-0.39, 0.29) is 18.4 Å². The summed E-state index contributed by atoms with van der Waals surface area (Å²) < 4.78 is 11.2. The molecule has 36 heavy (non-hydrogen) atoms. The van der Waals surface area contributed by atoms with Crippen molar-refractivity contribution in [3.63, 3.8) is 0 Å². The lowest BCUT2D eigenvalue weighted by Gasteiger charge is -2.37. The van der Waals surface area contributed by atoms with Gasteiger partial charge in [-0.2, -0.15) is 0 Å². The van der Waals surface area contributed by atoms with Crippen LogP contribution in [-0.2, 0) is 11.2 Å². The molecule has 1 aromatic heterocycles. The topological polar surface area (TPSA) is 71.5 Å². The summed E-state index contributed by atoms with van der Waals surface area (Å²) in [6, 6.07) is 17.0. The average Bonchev–Trinajstić information content (AvgIpc) is 3.55. The van der Waals surface area contributed by atoms with Crippen molar-refractivity contribution >= 4 is 16.9 Å². The molecule has 1 amide bonds. The minimum atomic E-state index is 0.0425. The Balaban J connectivity index is 0.981. The summed E-state index contributed by atoms with van der Waals surface area (Å²) >= 11 is 0. The van der Waals surface area contributed by atoms with Crippen LogP contribution < -0.4 is 5.32 Å². The molecule has 1 unspecified atom stereocenters. The van der Waals surface area contributed by atoms with Crippen LogP contribution in [0, 0.1) is 5.92 Å². The maximum Gasteiger partial charge on any atom is 0.226 e. The summed E-state index contributed by atoms with van der Waals surface area (Å²) in [7, 11) is 0. The monoisotopic (exact) mass is 485 g/mol. The Labute approximate surface area is 212 Å². The van der Waals surface area contributed by atoms with Crippen molar-refractivity contribution < 1.29 is 13.7 Å². The van der Waals surface area contributed by atoms with E-state index in [0.29, 0.717) is 6.04 Å². The number of carbonyl (C=O) groups is 1. The number of piperidine rings is 1. The van der Waals surface area contributed by atoms with Gasteiger partial charge >= 0.3 is 0 Å². The molecule has 1 N–H and O–H groups in total. The fraction of sp³-hybridized carbons (Fsp3) is 0.467. The van der Waals surface area contributed by atoms with Crippen molar-refractivity contribution in [1.82, 2.24) is 15.4 Å². The molecular weight excluding hydrogens is 450 g/mol. The van der Waals surface area contributed by atoms with Crippen LogP contribution in [0.2, 0.25) is 0 Å². The molecule has 2 aliphatic heterocycles. The smallest absolute Gasteiger partial charge is 0.226 e. The number of benzene rings is 1. The number of para-hydroxylation sites is 1. The normalized spacial score (nSPS) is 23.3. The van der Waals surface area contributed by atoms with Crippen molar-refractivity contribution in [2.45, 2.75) is 69.9 Å². The van der Waals surface area contributed by atoms with Gasteiger partial charge in [-0.1, -0.05) is 35.8 Å². The van der Waals surface area contributed by atoms with Gasteiger partial charge in [0.05, 0.1) is 12.7 Å². The van der Waals surface area contributed by atoms with Crippen molar-refractivity contribution in [3.05, 3.63) is 66.1 Å². The summed E-state index contributed by atoms with van der Waals surface area (Å²) in [5, 5.41) is 8.28. The first kappa shape index (κ1) is 23.3. The van der Waals surface area contributed by atoms with Gasteiger partial charge in [-0.25, -0.2) is 0 Å². The van der Waals surface area contributed by atoms with E-state index in [1.54, 1.807) is 0 Å². The van der Waals surface area contributed by atoms with E-state index in [2.05, 4.69) is 33.6 Å². The van der Waals surface area contributed by atoms with Crippen LogP contribution in [0.3, 0.4) is 0 Å². The van der Waals surface area contributed by atoms with Crippen LogP contribution in [0.4, 0.5) is 0 Å². The molecule has 1 saturated carbocycles. The third kappa shape index (κ3) is 5.05. The van der Waals surface area contributed by atoms with E-state index >= 15 is 0 Å². The first-order valence-corrected chi connectivity index (χ1v) is 13.6. The molecule has 0 radical (unpaired) electrons. The number of carbonyl (C=O) groups excluding carboxylic acids is 1. The highest BCUT2D eigenvalue weighted by Crippen LogP contribution is 2.36. The van der Waals surface area contributed by atoms with Gasteiger partial charge in [-0.05, 0) is 88.2 Å². The third-order valence-electron chi connectivity index (χ3n) is 8.27. The van der Waals surface area contributed by atoms with E-state index < -0.39 is 0 Å². The molecule has 1 atom stereocenters. The second kappa shape index (κ2) is 10.5. The highest BCUT2D eigenvalue weighted by atomic mass is 16.5. The predicted octanol–water partition coefficient (Wildman–Crippen LogP) is 6.36. The number of amides is 1. The van der Waals surface area contributed by atoms with Gasteiger partial charge in [0, 0.05) is 28.6 Å². The Kier molecular flexibility index (Phi) is 6.77. The van der Waals surface area contributed by atoms with Gasteiger partial charge in [-0.15, -0.1) is 0 Å². The molecule has 1 aromatic carbocycles. The standard InChI is InChI=1S/C30H35N3O3/c34-30(19-26-25-7-1-2-9-29(25)36-32-26)31-24-13-11-21(12-14-24)15-17-33-16-4-3-8-27(33)23-18-22-6-5-10-28(22)35-20-23/h1-2,5-7,9-10,18,20-21,24,27H,3-4,8,11-17,19H2,(H,31,34)/t21-,24-,27?. The van der Waals surface area contributed by atoms with E-state index in [9.17, 15) is 4.79 Å². The van der Waals surface area contributed by atoms with E-state index in [1.807, 2.05) is 36.6 Å². The number of nitrogens with zero attached hydrogens (tertiary/aromatic N) is 2. The molecule has 2 aliphatic carbocycles. The lowest BCUT2D eigenvalue weighted by Crippen LogP contribution is -2.39. The van der Waals surface area contributed by atoms with Gasteiger partial charge in [0.1, 0.15) is 11.5 Å². The Morgan fingerprint density at radius 2 is 1.92 bits per heavy atom. The number of aromatic nitrogens is 1. The Bertz CT molecular complexity index is 1270. The summed E-state index contributed by atoms with van der Waals surface area (Å²) in [5.41, 5.74) is 3.98. The highest BCUT2D eigenvalue weighted by molar-refractivity contribution is 5.86. The van der Waals surface area contributed by atoms with Crippen molar-refractivity contribution in [3.8, 4) is 11.3 Å². The van der Waals surface area contributed by atoms with Crippen LogP contribution in [0.5, 0.6) is 0 Å². The van der Waals surface area contributed by atoms with Crippen molar-refractivity contribution in [2.24, 2.45) is 5.92 Å². The number of likely N-dealkylation sites (tertiary alicyclic amines) is 1. The van der Waals surface area contributed by atoms with Crippen LogP contribution in [0.25, 0.3) is 22.3 Å². The Hall–Kier alpha value is -3.12. The second-order valence-corrected chi connectivity index (χ2v) is 10.6. The largest absolute Gasteiger partial charge is 0.464 e. The molecule has 6 heteroatoms. The molecule has 4 aliphatic rings. The van der Waals surface area contributed by atoms with Crippen LogP contribution in [-0.4, -0.2) is 35.1 Å². The fourth-order valence-corrected chi connectivity index (χ4v) is 6.24. The quantitative estimate of drug-likeness (QED) is 0.330. The Morgan fingerprint density at radius 1 is 1.03 bits per heavy atom. The van der Waals surface area contributed by atoms with Crippen LogP contribution >= 0.6 is 0 Å². The van der Waals surface area contributed by atoms with Crippen molar-refractivity contribution in [2.75, 3.05) is 13.1 Å². The lowest BCUT2D eigenvalue weighted by molar-refractivity contribution is -0.121. The van der Waals surface area contributed by atoms with Crippen molar-refractivity contribution in [1.29, 1.82) is 0 Å². The van der Waals surface area contributed by atoms with Gasteiger partial charge in [0.25, 0.3) is 0 Å². The van der Waals surface area contributed by atoms with Gasteiger partial charge in [0.15, 0.2) is 5.58 Å². The molecule has 3 heterocycles. The molecular formula is C30H35N3O3. The zero-order chi connectivity index (χ0) is 24.3. The lowest BCUT2D eigenvalue weighted by atomic mass is 9.83. The van der Waals surface area contributed by atoms with Gasteiger partial charge in [-0.3, -0.25) is 9.69 Å². The zero-order valence-corrected chi connectivity index (χ0v) is 20.8. The summed E-state index contributed by atoms with van der Waals surface area (Å²) in [6.07, 6.45) is 11.8. The maximum absolute atomic E-state index is 12.7. The van der Waals surface area contributed by atoms with E-state index in [1.165, 1.54) is 56.2 Å². The SMILES string of the molecule is O=C(Cc1noc2ccccc12)N[C@H]1CC[C@H](CCN2CCCCC2c2coc3cccc-3c2)CC1. The summed E-state index contributed by atoms with van der Waals surface area (Å²) in [6.45, 7) is 2.32. The summed E-state index contributed by atoms with van der Waals surface area (Å²) in [5.74, 6) is 1.75. The molecule has 1 saturated heterocycles. The first-order valence-electron chi connectivity index (χ1n) is 13.6. The molecule has 2 aromatic rings. The minimum absolute atomic E-state index is 0.0425. The molecule has 0 spiro atoms. The number of hydrogen-bond acceptors (Lipinski definition) is 5. The van der Waals surface area contributed by atoms with Gasteiger partial charge in [0.2, 0.25) is 5.91 Å². The molecule has 0 bridgehead atoms. The average molecular weight is 486 g/mol. The zero-order valence-electron chi connectivity index (χ0n) is 20.8. The van der Waals surface area contributed by atoms with Gasteiger partial charge < -0.3 is 14.3 Å². The van der Waals surface area contributed by atoms with Crippen LogP contribution in [0.1, 0.15) is 68.7 Å². The number of hydrogen-bond donors (Lipinski definition) is 1. The molecule has 6 rings (SSSR count). The summed E-state index contributed by atoms with van der Waals surface area (Å²) in [4.78, 5) is 15.3. The third-order valence-corrected chi connectivity index (χ3v) is 8.27. The van der Waals surface area contributed by atoms with E-state index in [4.69, 9.17) is 8.94 Å². The van der Waals surface area contributed by atoms with E-state index in [0.717, 1.165) is 47.7 Å². The molecule has 6 nitrogen and oxygen atoms in total. The maximum atomic E-state index is 12.7. The molecule has 188 valence electrons. The fourth-order valence-electron chi connectivity index (χ4n) is 6.24. The number of rotatable bonds is 7. The highest BCUT2D eigenvalue weighted by Gasteiger charge is 2.28. The first-order chi connectivity index (χ1) is 17.7. The minimum Gasteiger partial charge on any atom is -0.464 e. The molecule has 2 fully saturated rings. The Morgan fingerprint density at radius 3 is 2.83 bits per heavy atom. The number of fused-ring (bicyclic) bond motifs is 2.